The zero-order valence-corrected chi connectivity index (χ0v) is 16.1. The van der Waals surface area contributed by atoms with Crippen LogP contribution < -0.4 is 10.1 Å². The molecule has 2 heterocycles. The Kier molecular flexibility index (Phi) is 6.07. The number of fused-ring (bicyclic) bond motifs is 1. The quantitative estimate of drug-likeness (QED) is 0.686. The van der Waals surface area contributed by atoms with Gasteiger partial charge in [0.25, 0.3) is 0 Å². The predicted molar refractivity (Wildman–Crippen MR) is 117 cm³/mol. The van der Waals surface area contributed by atoms with Crippen LogP contribution in [0, 0.1) is 0 Å². The summed E-state index contributed by atoms with van der Waals surface area (Å²) >= 11 is 0. The van der Waals surface area contributed by atoms with Gasteiger partial charge in [-0.05, 0) is 54.5 Å². The van der Waals surface area contributed by atoms with Crippen molar-refractivity contribution in [3.63, 3.8) is 0 Å². The molecule has 0 bridgehead atoms. The molecule has 0 amide bonds. The number of ether oxygens (including phenoxy) is 1. The topological polar surface area (TPSA) is 49.8 Å². The van der Waals surface area contributed by atoms with Crippen molar-refractivity contribution in [2.75, 3.05) is 13.2 Å². The van der Waals surface area contributed by atoms with Gasteiger partial charge in [0.15, 0.2) is 0 Å². The number of hydrazone groups is 1. The van der Waals surface area contributed by atoms with Gasteiger partial charge < -0.3 is 10.1 Å². The van der Waals surface area contributed by atoms with Crippen molar-refractivity contribution in [2.45, 2.75) is 6.92 Å². The Hall–Kier alpha value is -3.60. The van der Waals surface area contributed by atoms with Gasteiger partial charge in [0.05, 0.1) is 11.2 Å². The maximum atomic E-state index is 5.97. The van der Waals surface area contributed by atoms with E-state index in [-0.39, 0.29) is 0 Å². The van der Waals surface area contributed by atoms with E-state index >= 15 is 0 Å². The first kappa shape index (κ1) is 19.2. The van der Waals surface area contributed by atoms with Crippen LogP contribution in [-0.2, 0) is 0 Å². The van der Waals surface area contributed by atoms with Gasteiger partial charge in [-0.1, -0.05) is 25.8 Å². The molecule has 0 spiro atoms. The monoisotopic (exact) mass is 372 g/mol. The molecule has 28 heavy (non-hydrogen) atoms. The van der Waals surface area contributed by atoms with Crippen LogP contribution in [0.25, 0.3) is 17.0 Å². The number of nitrogens with zero attached hydrogens (tertiary/aromatic N) is 3. The highest BCUT2D eigenvalue weighted by atomic mass is 16.5. The molecule has 1 N–H and O–H groups in total. The number of rotatable bonds is 8. The van der Waals surface area contributed by atoms with E-state index in [0.717, 1.165) is 45.7 Å². The molecule has 1 aromatic carbocycles. The molecular formula is C23H24N4O. The second kappa shape index (κ2) is 8.86. The Balaban J connectivity index is 1.76. The van der Waals surface area contributed by atoms with Crippen molar-refractivity contribution in [3.8, 4) is 5.75 Å². The molecule has 0 aliphatic carbocycles. The highest BCUT2D eigenvalue weighted by Crippen LogP contribution is 2.22. The number of allylic oxidation sites excluding steroid dienone is 2. The average Bonchev–Trinajstić information content (AvgIpc) is 2.73. The maximum Gasteiger partial charge on any atom is 0.133 e. The molecule has 0 unspecified atom stereocenters. The molecule has 1 aromatic heterocycles. The summed E-state index contributed by atoms with van der Waals surface area (Å²) in [5.41, 5.74) is 4.30. The fraction of sp³-hybridized carbons (Fsp3) is 0.130. The van der Waals surface area contributed by atoms with Crippen molar-refractivity contribution in [1.29, 1.82) is 0 Å². The number of pyridine rings is 1. The van der Waals surface area contributed by atoms with Gasteiger partial charge in [0, 0.05) is 30.5 Å². The SMILES string of the molecule is C=C/C(=C\NCC)N1C=CC(=C)C(COc2ccc3ncc(C=C)cc3c2)=N1. The van der Waals surface area contributed by atoms with Crippen molar-refractivity contribution in [2.24, 2.45) is 5.10 Å². The Bertz CT molecular complexity index is 1000. The van der Waals surface area contributed by atoms with Gasteiger partial charge >= 0.3 is 0 Å². The molecule has 0 saturated carbocycles. The zero-order chi connectivity index (χ0) is 19.9. The molecule has 5 nitrogen and oxygen atoms in total. The Labute approximate surface area is 165 Å². The third-order valence-corrected chi connectivity index (χ3v) is 4.23. The largest absolute Gasteiger partial charge is 0.487 e. The van der Waals surface area contributed by atoms with E-state index in [9.17, 15) is 0 Å². The molecule has 0 fully saturated rings. The number of aromatic nitrogens is 1. The Morgan fingerprint density at radius 1 is 1.29 bits per heavy atom. The van der Waals surface area contributed by atoms with Crippen LogP contribution in [-0.4, -0.2) is 28.9 Å². The summed E-state index contributed by atoms with van der Waals surface area (Å²) in [6, 6.07) is 7.85. The summed E-state index contributed by atoms with van der Waals surface area (Å²) in [5.74, 6) is 0.749. The zero-order valence-electron chi connectivity index (χ0n) is 16.1. The van der Waals surface area contributed by atoms with Gasteiger partial charge in [0.1, 0.15) is 18.1 Å². The molecule has 142 valence electrons. The minimum absolute atomic E-state index is 0.311. The minimum atomic E-state index is 0.311. The van der Waals surface area contributed by atoms with Crippen LogP contribution in [0.15, 0.2) is 91.1 Å². The first-order chi connectivity index (χ1) is 13.6. The minimum Gasteiger partial charge on any atom is -0.487 e. The van der Waals surface area contributed by atoms with E-state index in [4.69, 9.17) is 4.74 Å². The molecule has 2 aromatic rings. The predicted octanol–water partition coefficient (Wildman–Crippen LogP) is 4.64. The number of hydrogen-bond donors (Lipinski definition) is 1. The van der Waals surface area contributed by atoms with E-state index in [1.807, 2.05) is 49.7 Å². The lowest BCUT2D eigenvalue weighted by molar-refractivity contribution is 0.372. The summed E-state index contributed by atoms with van der Waals surface area (Å²) in [7, 11) is 0. The van der Waals surface area contributed by atoms with Crippen molar-refractivity contribution < 1.29 is 4.74 Å². The molecule has 0 saturated heterocycles. The first-order valence-corrected chi connectivity index (χ1v) is 9.10. The molecule has 0 radical (unpaired) electrons. The summed E-state index contributed by atoms with van der Waals surface area (Å²) in [6.07, 6.45) is 11.0. The first-order valence-electron chi connectivity index (χ1n) is 9.10. The standard InChI is InChI=1S/C23H24N4O/c1-5-18-12-19-13-21(8-9-22(19)25-14-18)28-16-23-17(4)10-11-27(26-23)20(6-2)15-24-7-3/h5-6,8-15,24H,1-2,4,7,16H2,3H3/b20-15+. The lowest BCUT2D eigenvalue weighted by atomic mass is 10.1. The summed E-state index contributed by atoms with van der Waals surface area (Å²) in [5, 5.41) is 10.5. The van der Waals surface area contributed by atoms with Crippen LogP contribution in [0.2, 0.25) is 0 Å². The van der Waals surface area contributed by atoms with Crippen molar-refractivity contribution >= 4 is 22.7 Å². The maximum absolute atomic E-state index is 5.97. The number of nitrogens with one attached hydrogen (secondary N) is 1. The van der Waals surface area contributed by atoms with Gasteiger partial charge in [-0.3, -0.25) is 4.98 Å². The molecule has 5 heteroatoms. The summed E-state index contributed by atoms with van der Waals surface area (Å²) in [6.45, 7) is 14.9. The normalized spacial score (nSPS) is 14.0. The molecule has 1 aliphatic rings. The third kappa shape index (κ3) is 4.38. The van der Waals surface area contributed by atoms with Crippen LogP contribution >= 0.6 is 0 Å². The van der Waals surface area contributed by atoms with E-state index < -0.39 is 0 Å². The molecule has 1 aliphatic heterocycles. The highest BCUT2D eigenvalue weighted by Gasteiger charge is 2.13. The fourth-order valence-electron chi connectivity index (χ4n) is 2.65. The van der Waals surface area contributed by atoms with Crippen molar-refractivity contribution in [3.05, 3.63) is 91.6 Å². The van der Waals surface area contributed by atoms with Crippen LogP contribution in [0.5, 0.6) is 5.75 Å². The highest BCUT2D eigenvalue weighted by molar-refractivity contribution is 6.03. The van der Waals surface area contributed by atoms with E-state index in [1.165, 1.54) is 0 Å². The van der Waals surface area contributed by atoms with Gasteiger partial charge in [0.2, 0.25) is 0 Å². The molecule has 3 rings (SSSR count). The van der Waals surface area contributed by atoms with Gasteiger partial charge in [-0.25, -0.2) is 5.01 Å². The number of hydrogen-bond acceptors (Lipinski definition) is 5. The average molecular weight is 372 g/mol. The molecular weight excluding hydrogens is 348 g/mol. The summed E-state index contributed by atoms with van der Waals surface area (Å²) < 4.78 is 5.97. The van der Waals surface area contributed by atoms with Crippen LogP contribution in [0.4, 0.5) is 0 Å². The van der Waals surface area contributed by atoms with Crippen LogP contribution in [0.3, 0.4) is 0 Å². The third-order valence-electron chi connectivity index (χ3n) is 4.23. The van der Waals surface area contributed by atoms with Crippen molar-refractivity contribution in [1.82, 2.24) is 15.3 Å². The molecule has 0 atom stereocenters. The summed E-state index contributed by atoms with van der Waals surface area (Å²) in [4.78, 5) is 4.42. The smallest absolute Gasteiger partial charge is 0.133 e. The second-order valence-corrected chi connectivity index (χ2v) is 6.18. The van der Waals surface area contributed by atoms with E-state index in [2.05, 4.69) is 35.1 Å². The van der Waals surface area contributed by atoms with Gasteiger partial charge in [-0.15, -0.1) is 0 Å². The van der Waals surface area contributed by atoms with E-state index in [0.29, 0.717) is 6.61 Å². The van der Waals surface area contributed by atoms with Gasteiger partial charge in [-0.2, -0.15) is 5.10 Å². The number of benzene rings is 1. The van der Waals surface area contributed by atoms with Crippen LogP contribution in [0.1, 0.15) is 12.5 Å². The lowest BCUT2D eigenvalue weighted by Gasteiger charge is -2.22. The lowest BCUT2D eigenvalue weighted by Crippen LogP contribution is -2.23. The second-order valence-electron chi connectivity index (χ2n) is 6.18. The van der Waals surface area contributed by atoms with E-state index in [1.54, 1.807) is 23.4 Å². The Morgan fingerprint density at radius 2 is 2.14 bits per heavy atom. The fourth-order valence-corrected chi connectivity index (χ4v) is 2.65. The Morgan fingerprint density at radius 3 is 2.89 bits per heavy atom.